The Labute approximate surface area is 382 Å². The molecule has 1 spiro atoms. The summed E-state index contributed by atoms with van der Waals surface area (Å²) >= 11 is 0. The predicted octanol–water partition coefficient (Wildman–Crippen LogP) is 16.4. The van der Waals surface area contributed by atoms with Crippen LogP contribution in [-0.2, 0) is 5.41 Å². The fourth-order valence-electron chi connectivity index (χ4n) is 11.3. The molecule has 1 aromatic heterocycles. The average molecular weight is 843 g/mol. The molecule has 4 heteroatoms. The largest absolute Gasteiger partial charge is 0.450 e. The maximum Gasteiger partial charge on any atom is 0.170 e. The Morgan fingerprint density at radius 2 is 0.848 bits per heavy atom. The van der Waals surface area contributed by atoms with E-state index >= 15 is 0 Å². The summed E-state index contributed by atoms with van der Waals surface area (Å²) in [5, 5.41) is 4.66. The van der Waals surface area contributed by atoms with Crippen LogP contribution in [0.25, 0.3) is 66.2 Å². The highest BCUT2D eigenvalue weighted by molar-refractivity contribution is 6.21. The first-order valence-electron chi connectivity index (χ1n) is 22.5. The van der Waals surface area contributed by atoms with Crippen LogP contribution in [0.3, 0.4) is 0 Å². The van der Waals surface area contributed by atoms with Gasteiger partial charge in [-0.25, -0.2) is 0 Å². The minimum atomic E-state index is -0.500. The minimum absolute atomic E-state index is 0.500. The van der Waals surface area contributed by atoms with Gasteiger partial charge in [0.15, 0.2) is 23.0 Å². The number of nitrogens with zero attached hydrogens (tertiary/aromatic N) is 2. The summed E-state index contributed by atoms with van der Waals surface area (Å²) in [4.78, 5) is 7.67. The second-order valence-corrected chi connectivity index (χ2v) is 17.3. The molecule has 308 valence electrons. The number of benzene rings is 10. The Hall–Kier alpha value is -8.73. The van der Waals surface area contributed by atoms with Crippen molar-refractivity contribution in [2.75, 3.05) is 4.90 Å². The van der Waals surface area contributed by atoms with E-state index in [9.17, 15) is 0 Å². The van der Waals surface area contributed by atoms with Gasteiger partial charge < -0.3 is 14.4 Å². The number of hydrogen-bond acceptors (Lipinski definition) is 4. The number of pyridine rings is 1. The van der Waals surface area contributed by atoms with Crippen LogP contribution in [0.1, 0.15) is 22.3 Å². The van der Waals surface area contributed by atoms with Gasteiger partial charge in [0, 0.05) is 23.0 Å². The van der Waals surface area contributed by atoms with Gasteiger partial charge in [-0.15, -0.1) is 0 Å². The van der Waals surface area contributed by atoms with Crippen LogP contribution < -0.4 is 14.4 Å². The third kappa shape index (κ3) is 5.18. The Kier molecular flexibility index (Phi) is 7.87. The first-order chi connectivity index (χ1) is 32.7. The van der Waals surface area contributed by atoms with Crippen LogP contribution >= 0.6 is 0 Å². The summed E-state index contributed by atoms with van der Waals surface area (Å²) in [7, 11) is 0. The van der Waals surface area contributed by atoms with Crippen molar-refractivity contribution in [1.82, 2.24) is 4.98 Å². The van der Waals surface area contributed by atoms with Crippen molar-refractivity contribution in [3.05, 3.63) is 253 Å². The quantitative estimate of drug-likeness (QED) is 0.165. The Bertz CT molecular complexity index is 3680. The first kappa shape index (κ1) is 36.7. The maximum atomic E-state index is 6.39. The van der Waals surface area contributed by atoms with Gasteiger partial charge in [-0.1, -0.05) is 164 Å². The molecule has 0 radical (unpaired) electrons. The van der Waals surface area contributed by atoms with Crippen LogP contribution in [0.15, 0.2) is 231 Å². The van der Waals surface area contributed by atoms with E-state index in [2.05, 4.69) is 205 Å². The standard InChI is InChI=1S/C62H38N2O2/c1-2-16-42(17-3-1)64-54-26-12-10-24-51(54)62(52-25-11-13-27-55(52)64)49-23-9-8-18-43(49)48-36-39(30-33-50(48)62)53-34-31-41(38-63-53)61-46-21-6-4-19-44(46)60(45-20-5-7-22-47(45)61)40-32-35-58-59(37-40)66-57-29-15-14-28-56(57)65-58/h1-38H. The fraction of sp³-hybridized carbons (Fsp3) is 0.0161. The molecule has 0 bridgehead atoms. The normalized spacial score (nSPS) is 13.5. The van der Waals surface area contributed by atoms with Gasteiger partial charge >= 0.3 is 0 Å². The molecule has 0 N–H and O–H groups in total. The lowest BCUT2D eigenvalue weighted by molar-refractivity contribution is 0.360. The molecular formula is C62H38N2O2. The number of ether oxygens (including phenoxy) is 2. The number of fused-ring (bicyclic) bond motifs is 13. The van der Waals surface area contributed by atoms with Crippen LogP contribution in [0.4, 0.5) is 17.1 Å². The highest BCUT2D eigenvalue weighted by atomic mass is 16.6. The molecule has 66 heavy (non-hydrogen) atoms. The summed E-state index contributed by atoms with van der Waals surface area (Å²) in [5.41, 5.74) is 17.1. The smallest absolute Gasteiger partial charge is 0.170 e. The lowest BCUT2D eigenvalue weighted by Gasteiger charge is -2.45. The van der Waals surface area contributed by atoms with Crippen LogP contribution in [-0.4, -0.2) is 4.98 Å². The third-order valence-electron chi connectivity index (χ3n) is 14.0. The third-order valence-corrected chi connectivity index (χ3v) is 14.0. The zero-order chi connectivity index (χ0) is 43.3. The summed E-state index contributed by atoms with van der Waals surface area (Å²) in [6, 6.07) is 80.6. The van der Waals surface area contributed by atoms with E-state index in [4.69, 9.17) is 14.5 Å². The van der Waals surface area contributed by atoms with E-state index in [1.165, 1.54) is 61.1 Å². The van der Waals surface area contributed by atoms with Crippen molar-refractivity contribution >= 4 is 38.6 Å². The van der Waals surface area contributed by atoms with Gasteiger partial charge in [0.25, 0.3) is 0 Å². The van der Waals surface area contributed by atoms with Crippen molar-refractivity contribution in [3.8, 4) is 67.6 Å². The SMILES string of the molecule is c1ccc(N2c3ccccc3C3(c4ccccc4-c4cc(-c5ccc(-c6c7ccccc7c(-c7ccc8c(c7)Oc7ccccc7O8)c7ccccc67)cn5)ccc43)c3ccccc32)cc1. The highest BCUT2D eigenvalue weighted by Gasteiger charge is 2.51. The first-order valence-corrected chi connectivity index (χ1v) is 22.5. The van der Waals surface area contributed by atoms with E-state index in [1.54, 1.807) is 0 Å². The summed E-state index contributed by atoms with van der Waals surface area (Å²) in [6.45, 7) is 0. The zero-order valence-corrected chi connectivity index (χ0v) is 35.7. The molecule has 3 heterocycles. The van der Waals surface area contributed by atoms with Crippen LogP contribution in [0.2, 0.25) is 0 Å². The topological polar surface area (TPSA) is 34.6 Å². The molecule has 0 atom stereocenters. The van der Waals surface area contributed by atoms with Crippen molar-refractivity contribution < 1.29 is 9.47 Å². The summed E-state index contributed by atoms with van der Waals surface area (Å²) < 4.78 is 12.6. The lowest BCUT2D eigenvalue weighted by atomic mass is 9.64. The van der Waals surface area contributed by atoms with Gasteiger partial charge in [-0.2, -0.15) is 0 Å². The van der Waals surface area contributed by atoms with Gasteiger partial charge in [-0.05, 0) is 132 Å². The number of para-hydroxylation sites is 5. The lowest BCUT2D eigenvalue weighted by Crippen LogP contribution is -2.36. The number of aromatic nitrogens is 1. The molecule has 0 fully saturated rings. The number of anilines is 3. The van der Waals surface area contributed by atoms with Gasteiger partial charge in [-0.3, -0.25) is 4.98 Å². The monoisotopic (exact) mass is 842 g/mol. The molecule has 10 aromatic carbocycles. The second kappa shape index (κ2) is 14.1. The maximum absolute atomic E-state index is 6.39. The van der Waals surface area contributed by atoms with E-state index in [0.29, 0.717) is 17.2 Å². The number of hydrogen-bond donors (Lipinski definition) is 0. The molecule has 3 aliphatic rings. The van der Waals surface area contributed by atoms with Crippen LogP contribution in [0, 0.1) is 0 Å². The van der Waals surface area contributed by atoms with Gasteiger partial charge in [0.1, 0.15) is 0 Å². The molecule has 1 aliphatic carbocycles. The summed E-state index contributed by atoms with van der Waals surface area (Å²) in [5.74, 6) is 2.85. The van der Waals surface area contributed by atoms with E-state index in [0.717, 1.165) is 50.2 Å². The molecule has 0 amide bonds. The molecular weight excluding hydrogens is 805 g/mol. The van der Waals surface area contributed by atoms with Gasteiger partial charge in [0.05, 0.1) is 22.5 Å². The van der Waals surface area contributed by atoms with Crippen molar-refractivity contribution in [3.63, 3.8) is 0 Å². The molecule has 11 aromatic rings. The van der Waals surface area contributed by atoms with E-state index in [1.807, 2.05) is 30.3 Å². The van der Waals surface area contributed by atoms with Crippen molar-refractivity contribution in [2.24, 2.45) is 0 Å². The van der Waals surface area contributed by atoms with Gasteiger partial charge in [0.2, 0.25) is 0 Å². The average Bonchev–Trinajstić information content (AvgIpc) is 3.67. The fourth-order valence-corrected chi connectivity index (χ4v) is 11.3. The molecule has 2 aliphatic heterocycles. The Balaban J connectivity index is 0.890. The van der Waals surface area contributed by atoms with Crippen molar-refractivity contribution in [1.29, 1.82) is 0 Å². The molecule has 0 saturated carbocycles. The molecule has 0 unspecified atom stereocenters. The van der Waals surface area contributed by atoms with Crippen LogP contribution in [0.5, 0.6) is 23.0 Å². The zero-order valence-electron chi connectivity index (χ0n) is 35.7. The molecule has 14 rings (SSSR count). The van der Waals surface area contributed by atoms with Crippen molar-refractivity contribution in [2.45, 2.75) is 5.41 Å². The number of rotatable bonds is 4. The Morgan fingerprint density at radius 1 is 0.348 bits per heavy atom. The van der Waals surface area contributed by atoms with E-state index < -0.39 is 5.41 Å². The Morgan fingerprint density at radius 3 is 1.50 bits per heavy atom. The minimum Gasteiger partial charge on any atom is -0.450 e. The molecule has 0 saturated heterocycles. The predicted molar refractivity (Wildman–Crippen MR) is 268 cm³/mol. The van der Waals surface area contributed by atoms with E-state index in [-0.39, 0.29) is 0 Å². The summed E-state index contributed by atoms with van der Waals surface area (Å²) in [6.07, 6.45) is 2.05. The highest BCUT2D eigenvalue weighted by Crippen LogP contribution is 2.63. The molecule has 4 nitrogen and oxygen atoms in total. The second-order valence-electron chi connectivity index (χ2n) is 17.3.